The smallest absolute Gasteiger partial charge is 0.310 e. The molecular formula is C13H23NO4. The van der Waals surface area contributed by atoms with Crippen LogP contribution in [0, 0.1) is 5.41 Å². The van der Waals surface area contributed by atoms with Gasteiger partial charge >= 0.3 is 5.97 Å². The SMILES string of the molecule is CC(CCO)NC(=O)CC1(C(=O)O)CCCCC1. The average Bonchev–Trinajstić information content (AvgIpc) is 2.29. The summed E-state index contributed by atoms with van der Waals surface area (Å²) in [6.45, 7) is 1.83. The van der Waals surface area contributed by atoms with Crippen molar-refractivity contribution in [3.8, 4) is 0 Å². The number of carboxylic acids is 1. The Hall–Kier alpha value is -1.10. The first-order valence-electron chi connectivity index (χ1n) is 6.64. The van der Waals surface area contributed by atoms with Crippen molar-refractivity contribution in [1.29, 1.82) is 0 Å². The van der Waals surface area contributed by atoms with Crippen molar-refractivity contribution in [2.24, 2.45) is 5.41 Å². The van der Waals surface area contributed by atoms with E-state index in [4.69, 9.17) is 5.11 Å². The van der Waals surface area contributed by atoms with Crippen LogP contribution in [-0.4, -0.2) is 34.7 Å². The third-order valence-corrected chi connectivity index (χ3v) is 3.73. The first-order chi connectivity index (χ1) is 8.50. The van der Waals surface area contributed by atoms with Crippen LogP contribution in [0.3, 0.4) is 0 Å². The van der Waals surface area contributed by atoms with E-state index in [2.05, 4.69) is 5.32 Å². The quantitative estimate of drug-likeness (QED) is 0.669. The molecule has 1 unspecified atom stereocenters. The van der Waals surface area contributed by atoms with Crippen LogP contribution in [0.25, 0.3) is 0 Å². The Balaban J connectivity index is 2.55. The molecule has 18 heavy (non-hydrogen) atoms. The zero-order valence-electron chi connectivity index (χ0n) is 10.9. The summed E-state index contributed by atoms with van der Waals surface area (Å²) in [4.78, 5) is 23.3. The Kier molecular flexibility index (Phi) is 5.59. The molecule has 1 saturated carbocycles. The number of hydrogen-bond donors (Lipinski definition) is 3. The molecule has 104 valence electrons. The molecule has 0 spiro atoms. The second-order valence-corrected chi connectivity index (χ2v) is 5.30. The van der Waals surface area contributed by atoms with Crippen LogP contribution in [0.5, 0.6) is 0 Å². The maximum atomic E-state index is 11.9. The molecule has 0 saturated heterocycles. The molecule has 1 atom stereocenters. The van der Waals surface area contributed by atoms with Gasteiger partial charge in [-0.3, -0.25) is 9.59 Å². The van der Waals surface area contributed by atoms with E-state index in [0.29, 0.717) is 19.3 Å². The molecule has 0 aromatic heterocycles. The van der Waals surface area contributed by atoms with Crippen LogP contribution in [0.15, 0.2) is 0 Å². The molecule has 1 fully saturated rings. The van der Waals surface area contributed by atoms with Crippen molar-refractivity contribution in [3.63, 3.8) is 0 Å². The van der Waals surface area contributed by atoms with Gasteiger partial charge in [0.25, 0.3) is 0 Å². The fourth-order valence-electron chi connectivity index (χ4n) is 2.59. The number of carbonyl (C=O) groups is 2. The summed E-state index contributed by atoms with van der Waals surface area (Å²) in [5, 5.41) is 20.9. The summed E-state index contributed by atoms with van der Waals surface area (Å²) in [5.74, 6) is -1.08. The third-order valence-electron chi connectivity index (χ3n) is 3.73. The predicted molar refractivity (Wildman–Crippen MR) is 67.1 cm³/mol. The second-order valence-electron chi connectivity index (χ2n) is 5.30. The number of carboxylic acid groups (broad SMARTS) is 1. The molecule has 0 radical (unpaired) electrons. The lowest BCUT2D eigenvalue weighted by atomic mass is 9.71. The monoisotopic (exact) mass is 257 g/mol. The summed E-state index contributed by atoms with van der Waals surface area (Å²) in [6.07, 6.45) is 4.54. The standard InChI is InChI=1S/C13H23NO4/c1-10(5-8-15)14-11(16)9-13(12(17)18)6-3-2-4-7-13/h10,15H,2-9H2,1H3,(H,14,16)(H,17,18). The number of rotatable bonds is 6. The lowest BCUT2D eigenvalue weighted by Crippen LogP contribution is -2.41. The number of aliphatic hydroxyl groups is 1. The van der Waals surface area contributed by atoms with E-state index in [-0.39, 0.29) is 25.0 Å². The Morgan fingerprint density at radius 3 is 2.39 bits per heavy atom. The van der Waals surface area contributed by atoms with Crippen molar-refractivity contribution in [1.82, 2.24) is 5.32 Å². The van der Waals surface area contributed by atoms with Crippen molar-refractivity contribution in [3.05, 3.63) is 0 Å². The largest absolute Gasteiger partial charge is 0.481 e. The Morgan fingerprint density at radius 2 is 1.89 bits per heavy atom. The predicted octanol–water partition coefficient (Wildman–Crippen LogP) is 1.30. The zero-order valence-corrected chi connectivity index (χ0v) is 10.9. The average molecular weight is 257 g/mol. The molecule has 0 bridgehead atoms. The van der Waals surface area contributed by atoms with E-state index in [1.165, 1.54) is 0 Å². The second kappa shape index (κ2) is 6.73. The molecule has 5 nitrogen and oxygen atoms in total. The molecule has 0 heterocycles. The van der Waals surface area contributed by atoms with Crippen molar-refractivity contribution >= 4 is 11.9 Å². The van der Waals surface area contributed by atoms with Crippen molar-refractivity contribution in [2.75, 3.05) is 6.61 Å². The molecule has 1 rings (SSSR count). The van der Waals surface area contributed by atoms with Crippen LogP contribution in [0.1, 0.15) is 51.9 Å². The van der Waals surface area contributed by atoms with Gasteiger partial charge < -0.3 is 15.5 Å². The Bertz CT molecular complexity index is 297. The summed E-state index contributed by atoms with van der Waals surface area (Å²) in [7, 11) is 0. The molecule has 5 heteroatoms. The van der Waals surface area contributed by atoms with Gasteiger partial charge in [0.1, 0.15) is 0 Å². The molecular weight excluding hydrogens is 234 g/mol. The van der Waals surface area contributed by atoms with E-state index >= 15 is 0 Å². The zero-order chi connectivity index (χ0) is 13.6. The third kappa shape index (κ3) is 3.98. The minimum Gasteiger partial charge on any atom is -0.481 e. The first-order valence-corrected chi connectivity index (χ1v) is 6.64. The van der Waals surface area contributed by atoms with Gasteiger partial charge in [0.15, 0.2) is 0 Å². The van der Waals surface area contributed by atoms with E-state index < -0.39 is 11.4 Å². The molecule has 0 aromatic carbocycles. The minimum atomic E-state index is -0.874. The summed E-state index contributed by atoms with van der Waals surface area (Å²) in [5.41, 5.74) is -0.874. The van der Waals surface area contributed by atoms with E-state index in [1.54, 1.807) is 0 Å². The van der Waals surface area contributed by atoms with Gasteiger partial charge in [0.2, 0.25) is 5.91 Å². The first kappa shape index (κ1) is 15.0. The number of aliphatic hydroxyl groups excluding tert-OH is 1. The number of carbonyl (C=O) groups excluding carboxylic acids is 1. The number of nitrogens with one attached hydrogen (secondary N) is 1. The minimum absolute atomic E-state index is 0.0194. The molecule has 1 aliphatic carbocycles. The van der Waals surface area contributed by atoms with E-state index in [0.717, 1.165) is 19.3 Å². The van der Waals surface area contributed by atoms with Gasteiger partial charge in [0, 0.05) is 19.1 Å². The molecule has 1 amide bonds. The maximum absolute atomic E-state index is 11.9. The number of aliphatic carboxylic acids is 1. The highest BCUT2D eigenvalue weighted by Gasteiger charge is 2.41. The lowest BCUT2D eigenvalue weighted by molar-refractivity contribution is -0.154. The normalized spacial score (nSPS) is 20.1. The summed E-state index contributed by atoms with van der Waals surface area (Å²) >= 11 is 0. The Morgan fingerprint density at radius 1 is 1.28 bits per heavy atom. The van der Waals surface area contributed by atoms with Gasteiger partial charge in [-0.15, -0.1) is 0 Å². The lowest BCUT2D eigenvalue weighted by Gasteiger charge is -2.32. The number of hydrogen-bond acceptors (Lipinski definition) is 3. The van der Waals surface area contributed by atoms with Gasteiger partial charge in [0.05, 0.1) is 5.41 Å². The van der Waals surface area contributed by atoms with Gasteiger partial charge in [-0.05, 0) is 26.2 Å². The molecule has 3 N–H and O–H groups in total. The highest BCUT2D eigenvalue weighted by molar-refractivity contribution is 5.85. The van der Waals surface area contributed by atoms with Gasteiger partial charge in [-0.2, -0.15) is 0 Å². The van der Waals surface area contributed by atoms with Crippen LogP contribution < -0.4 is 5.32 Å². The van der Waals surface area contributed by atoms with E-state index in [9.17, 15) is 14.7 Å². The molecule has 0 aromatic rings. The summed E-state index contributed by atoms with van der Waals surface area (Å²) < 4.78 is 0. The molecule has 0 aliphatic heterocycles. The van der Waals surface area contributed by atoms with Crippen molar-refractivity contribution < 1.29 is 19.8 Å². The van der Waals surface area contributed by atoms with Crippen molar-refractivity contribution in [2.45, 2.75) is 57.9 Å². The fourth-order valence-corrected chi connectivity index (χ4v) is 2.59. The highest BCUT2D eigenvalue weighted by Crippen LogP contribution is 2.39. The van der Waals surface area contributed by atoms with Gasteiger partial charge in [-0.1, -0.05) is 19.3 Å². The maximum Gasteiger partial charge on any atom is 0.310 e. The van der Waals surface area contributed by atoms with Crippen LogP contribution in [0.2, 0.25) is 0 Å². The topological polar surface area (TPSA) is 86.6 Å². The van der Waals surface area contributed by atoms with Crippen LogP contribution in [-0.2, 0) is 9.59 Å². The van der Waals surface area contributed by atoms with Crippen LogP contribution in [0.4, 0.5) is 0 Å². The highest BCUT2D eigenvalue weighted by atomic mass is 16.4. The van der Waals surface area contributed by atoms with E-state index in [1.807, 2.05) is 6.92 Å². The fraction of sp³-hybridized carbons (Fsp3) is 0.846. The van der Waals surface area contributed by atoms with Gasteiger partial charge in [-0.25, -0.2) is 0 Å². The molecule has 1 aliphatic rings. The Labute approximate surface area is 108 Å². The summed E-state index contributed by atoms with van der Waals surface area (Å²) in [6, 6.07) is -0.114. The number of amides is 1. The van der Waals surface area contributed by atoms with Crippen LogP contribution >= 0.6 is 0 Å².